The molecule has 0 fully saturated rings. The maximum atomic E-state index is 11.9. The lowest BCUT2D eigenvalue weighted by Crippen LogP contribution is -2.53. The highest BCUT2D eigenvalue weighted by Crippen LogP contribution is 2.26. The van der Waals surface area contributed by atoms with E-state index in [1.54, 1.807) is 0 Å². The van der Waals surface area contributed by atoms with Crippen LogP contribution in [0.3, 0.4) is 0 Å². The lowest BCUT2D eigenvalue weighted by Gasteiger charge is -2.34. The van der Waals surface area contributed by atoms with Crippen molar-refractivity contribution in [1.29, 1.82) is 0 Å². The predicted octanol–water partition coefficient (Wildman–Crippen LogP) is 1.36. The average molecular weight is 260 g/mol. The van der Waals surface area contributed by atoms with Crippen molar-refractivity contribution >= 4 is 24.9 Å². The molecule has 0 aliphatic carbocycles. The number of hydrogen-bond donors (Lipinski definition) is 3. The second-order valence-electron chi connectivity index (χ2n) is 6.13. The molecule has 2 N–H and O–H groups in total. The van der Waals surface area contributed by atoms with Gasteiger partial charge in [-0.25, -0.2) is 0 Å². The van der Waals surface area contributed by atoms with E-state index in [0.717, 1.165) is 6.42 Å². The number of carbonyl (C=O) groups excluding carboxylic acids is 2. The number of thiol groups is 1. The first-order valence-corrected chi connectivity index (χ1v) is 6.37. The van der Waals surface area contributed by atoms with E-state index < -0.39 is 6.04 Å². The monoisotopic (exact) mass is 260 g/mol. The smallest absolute Gasteiger partial charge is 0.243 e. The van der Waals surface area contributed by atoms with Crippen molar-refractivity contribution in [2.75, 3.05) is 5.75 Å². The Hall–Kier alpha value is -0.710. The highest BCUT2D eigenvalue weighted by molar-refractivity contribution is 7.80. The number of rotatable bonds is 6. The quantitative estimate of drug-likeness (QED) is 0.499. The molecule has 0 spiro atoms. The van der Waals surface area contributed by atoms with Crippen LogP contribution in [0.5, 0.6) is 0 Å². The summed E-state index contributed by atoms with van der Waals surface area (Å²) in [6.07, 6.45) is 1.38. The fraction of sp³-hybridized carbons (Fsp3) is 0.833. The molecule has 5 heteroatoms. The van der Waals surface area contributed by atoms with Gasteiger partial charge in [0.15, 0.2) is 0 Å². The number of nitrogens with one attached hydrogen (secondary N) is 2. The fourth-order valence-corrected chi connectivity index (χ4v) is 2.36. The molecule has 100 valence electrons. The van der Waals surface area contributed by atoms with Gasteiger partial charge in [-0.3, -0.25) is 9.59 Å². The zero-order valence-corrected chi connectivity index (χ0v) is 12.2. The van der Waals surface area contributed by atoms with Gasteiger partial charge in [-0.05, 0) is 25.7 Å². The Morgan fingerprint density at radius 2 is 1.82 bits per heavy atom. The summed E-state index contributed by atoms with van der Waals surface area (Å²) in [6.45, 7) is 10.3. The van der Waals surface area contributed by atoms with Gasteiger partial charge < -0.3 is 10.6 Å². The molecule has 0 aromatic rings. The van der Waals surface area contributed by atoms with Crippen LogP contribution in [0.1, 0.15) is 41.0 Å². The number of carbonyl (C=O) groups is 2. The van der Waals surface area contributed by atoms with Crippen LogP contribution in [0, 0.1) is 5.41 Å². The Balaban J connectivity index is 4.49. The molecule has 0 aliphatic rings. The van der Waals surface area contributed by atoms with Gasteiger partial charge in [0.2, 0.25) is 12.3 Å². The Labute approximate surface area is 109 Å². The number of amides is 2. The van der Waals surface area contributed by atoms with Gasteiger partial charge in [0.25, 0.3) is 0 Å². The summed E-state index contributed by atoms with van der Waals surface area (Å²) in [6, 6.07) is -0.574. The minimum absolute atomic E-state index is 0.130. The normalized spacial score (nSPS) is 14.0. The minimum atomic E-state index is -0.574. The molecule has 17 heavy (non-hydrogen) atoms. The lowest BCUT2D eigenvalue weighted by molar-refractivity contribution is -0.126. The third kappa shape index (κ3) is 7.26. The molecule has 0 rings (SSSR count). The largest absolute Gasteiger partial charge is 0.349 e. The van der Waals surface area contributed by atoms with E-state index in [9.17, 15) is 9.59 Å². The molecule has 0 heterocycles. The second-order valence-corrected chi connectivity index (χ2v) is 6.50. The van der Waals surface area contributed by atoms with Gasteiger partial charge in [-0.1, -0.05) is 20.8 Å². The van der Waals surface area contributed by atoms with Crippen molar-refractivity contribution in [2.45, 2.75) is 52.6 Å². The molecule has 2 amide bonds. The topological polar surface area (TPSA) is 58.2 Å². The van der Waals surface area contributed by atoms with Crippen molar-refractivity contribution in [3.63, 3.8) is 0 Å². The van der Waals surface area contributed by atoms with E-state index in [4.69, 9.17) is 0 Å². The van der Waals surface area contributed by atoms with E-state index in [1.165, 1.54) is 0 Å². The van der Waals surface area contributed by atoms with Gasteiger partial charge in [-0.15, -0.1) is 0 Å². The first-order chi connectivity index (χ1) is 7.61. The molecular weight excluding hydrogens is 236 g/mol. The maximum Gasteiger partial charge on any atom is 0.243 e. The van der Waals surface area contributed by atoms with Gasteiger partial charge in [0.1, 0.15) is 6.04 Å². The summed E-state index contributed by atoms with van der Waals surface area (Å²) in [5, 5.41) is 5.39. The third-order valence-electron chi connectivity index (χ3n) is 2.20. The van der Waals surface area contributed by atoms with Crippen molar-refractivity contribution < 1.29 is 9.59 Å². The molecule has 0 radical (unpaired) electrons. The third-order valence-corrected chi connectivity index (χ3v) is 2.57. The van der Waals surface area contributed by atoms with Crippen LogP contribution in [0.4, 0.5) is 0 Å². The van der Waals surface area contributed by atoms with Gasteiger partial charge >= 0.3 is 0 Å². The number of hydrogen-bond acceptors (Lipinski definition) is 3. The molecule has 0 bridgehead atoms. The van der Waals surface area contributed by atoms with Crippen LogP contribution in [0.2, 0.25) is 0 Å². The van der Waals surface area contributed by atoms with Crippen LogP contribution < -0.4 is 10.6 Å². The molecule has 1 atom stereocenters. The van der Waals surface area contributed by atoms with Gasteiger partial charge in [0, 0.05) is 11.3 Å². The van der Waals surface area contributed by atoms with Crippen LogP contribution in [0.15, 0.2) is 0 Å². The Kier molecular flexibility index (Phi) is 6.02. The van der Waals surface area contributed by atoms with Crippen LogP contribution in [-0.4, -0.2) is 29.7 Å². The highest BCUT2D eigenvalue weighted by atomic mass is 32.1. The van der Waals surface area contributed by atoms with Gasteiger partial charge in [-0.2, -0.15) is 12.6 Å². The van der Waals surface area contributed by atoms with E-state index in [2.05, 4.69) is 44.0 Å². The van der Waals surface area contributed by atoms with Gasteiger partial charge in [0.05, 0.1) is 0 Å². The van der Waals surface area contributed by atoms with Crippen LogP contribution >= 0.6 is 12.6 Å². The summed E-state index contributed by atoms with van der Waals surface area (Å²) in [4.78, 5) is 22.2. The summed E-state index contributed by atoms with van der Waals surface area (Å²) in [7, 11) is 0. The minimum Gasteiger partial charge on any atom is -0.349 e. The van der Waals surface area contributed by atoms with Crippen molar-refractivity contribution in [3.8, 4) is 0 Å². The predicted molar refractivity (Wildman–Crippen MR) is 73.1 cm³/mol. The molecule has 4 nitrogen and oxygen atoms in total. The van der Waals surface area contributed by atoms with Crippen LogP contribution in [-0.2, 0) is 9.59 Å². The first-order valence-electron chi connectivity index (χ1n) is 5.74. The molecule has 0 saturated heterocycles. The second kappa shape index (κ2) is 6.28. The van der Waals surface area contributed by atoms with E-state index in [1.807, 2.05) is 13.8 Å². The molecule has 0 aromatic heterocycles. The summed E-state index contributed by atoms with van der Waals surface area (Å²) < 4.78 is 0. The van der Waals surface area contributed by atoms with Crippen molar-refractivity contribution in [1.82, 2.24) is 10.6 Å². The Morgan fingerprint density at radius 3 is 2.18 bits per heavy atom. The first kappa shape index (κ1) is 16.3. The standard InChI is InChI=1S/C12H24N2O2S/c1-11(2,3)7-12(4,5)14-10(16)9(6-17)13-8-15/h8-9,17H,6-7H2,1-5H3,(H,13,15)(H,14,16)/t9-/m0/s1. The zero-order valence-electron chi connectivity index (χ0n) is 11.3. The summed E-state index contributed by atoms with van der Waals surface area (Å²) >= 11 is 4.04. The fourth-order valence-electron chi connectivity index (χ4n) is 2.08. The van der Waals surface area contributed by atoms with Crippen LogP contribution in [0.25, 0.3) is 0 Å². The highest BCUT2D eigenvalue weighted by Gasteiger charge is 2.29. The van der Waals surface area contributed by atoms with E-state index in [-0.39, 0.29) is 22.6 Å². The van der Waals surface area contributed by atoms with Crippen molar-refractivity contribution in [2.24, 2.45) is 5.41 Å². The molecule has 0 aromatic carbocycles. The molecule has 0 unspecified atom stereocenters. The van der Waals surface area contributed by atoms with E-state index in [0.29, 0.717) is 6.41 Å². The Bertz CT molecular complexity index is 272. The average Bonchev–Trinajstić information content (AvgIpc) is 2.08. The van der Waals surface area contributed by atoms with Crippen molar-refractivity contribution in [3.05, 3.63) is 0 Å². The SMILES string of the molecule is CC(C)(C)CC(C)(C)NC(=O)[C@H](CS)NC=O. The molecular formula is C12H24N2O2S. The van der Waals surface area contributed by atoms with E-state index >= 15 is 0 Å². The summed E-state index contributed by atoms with van der Waals surface area (Å²) in [5.74, 6) is 0.0947. The summed E-state index contributed by atoms with van der Waals surface area (Å²) in [5.41, 5.74) is -0.174. The Morgan fingerprint density at radius 1 is 1.29 bits per heavy atom. The maximum absolute atomic E-state index is 11.9. The molecule has 0 aliphatic heterocycles. The molecule has 0 saturated carbocycles. The lowest BCUT2D eigenvalue weighted by atomic mass is 9.81. The zero-order chi connectivity index (χ0) is 13.7.